The maximum absolute atomic E-state index is 11.8. The number of nitrogens with one attached hydrogen (secondary N) is 3. The molecule has 3 heterocycles. The first-order valence-corrected chi connectivity index (χ1v) is 9.09. The monoisotopic (exact) mass is 362 g/mol. The van der Waals surface area contributed by atoms with E-state index in [1.165, 1.54) is 0 Å². The maximum Gasteiger partial charge on any atom is 0.252 e. The van der Waals surface area contributed by atoms with Gasteiger partial charge in [-0.15, -0.1) is 0 Å². The van der Waals surface area contributed by atoms with Crippen molar-refractivity contribution in [3.63, 3.8) is 0 Å². The van der Waals surface area contributed by atoms with E-state index in [0.29, 0.717) is 17.4 Å². The van der Waals surface area contributed by atoms with Gasteiger partial charge in [0, 0.05) is 29.9 Å². The number of amides is 1. The molecule has 1 saturated heterocycles. The van der Waals surface area contributed by atoms with Crippen molar-refractivity contribution in [3.05, 3.63) is 54.2 Å². The van der Waals surface area contributed by atoms with Crippen molar-refractivity contribution >= 4 is 34.1 Å². The van der Waals surface area contributed by atoms with Crippen LogP contribution in [0, 0.1) is 0 Å². The highest BCUT2D eigenvalue weighted by Gasteiger charge is 2.16. The average Bonchev–Trinajstić information content (AvgIpc) is 2.69. The first-order chi connectivity index (χ1) is 13.2. The van der Waals surface area contributed by atoms with E-state index in [1.807, 2.05) is 30.3 Å². The third-order valence-electron chi connectivity index (χ3n) is 4.68. The lowest BCUT2D eigenvalue weighted by Crippen LogP contribution is -2.38. The summed E-state index contributed by atoms with van der Waals surface area (Å²) in [5.41, 5.74) is 7.62. The zero-order valence-electron chi connectivity index (χ0n) is 14.9. The molecule has 1 fully saturated rings. The number of anilines is 3. The van der Waals surface area contributed by atoms with Crippen molar-refractivity contribution in [1.82, 2.24) is 15.3 Å². The van der Waals surface area contributed by atoms with Gasteiger partial charge >= 0.3 is 0 Å². The molecule has 0 aliphatic carbocycles. The third-order valence-corrected chi connectivity index (χ3v) is 4.68. The highest BCUT2D eigenvalue weighted by Crippen LogP contribution is 2.24. The van der Waals surface area contributed by atoms with Crippen molar-refractivity contribution in [1.29, 1.82) is 0 Å². The van der Waals surface area contributed by atoms with E-state index in [9.17, 15) is 4.79 Å². The molecule has 0 saturated carbocycles. The molecule has 0 bridgehead atoms. The molecule has 1 aromatic carbocycles. The van der Waals surface area contributed by atoms with Crippen LogP contribution in [0.4, 0.5) is 17.3 Å². The molecule has 2 aromatic heterocycles. The third kappa shape index (κ3) is 3.98. The molecular formula is C20H22N6O. The normalized spacial score (nSPS) is 16.8. The Balaban J connectivity index is 1.61. The lowest BCUT2D eigenvalue weighted by Gasteiger charge is -2.24. The fourth-order valence-electron chi connectivity index (χ4n) is 3.31. The van der Waals surface area contributed by atoms with Gasteiger partial charge in [-0.3, -0.25) is 9.78 Å². The molecule has 7 heteroatoms. The summed E-state index contributed by atoms with van der Waals surface area (Å²) < 4.78 is 0. The number of nitrogens with two attached hydrogens (primary N) is 1. The number of fused-ring (bicyclic) bond motifs is 1. The van der Waals surface area contributed by atoms with Crippen LogP contribution in [-0.4, -0.2) is 35.0 Å². The molecule has 1 atom stereocenters. The van der Waals surface area contributed by atoms with E-state index in [-0.39, 0.29) is 0 Å². The first-order valence-electron chi connectivity index (χ1n) is 9.09. The average molecular weight is 362 g/mol. The molecule has 0 radical (unpaired) electrons. The largest absolute Gasteiger partial charge is 0.366 e. The SMILES string of the molecule is NC(=O)c1ccc(NC2CCCNC2)nc1Nc1ccc2ncccc2c1. The summed E-state index contributed by atoms with van der Waals surface area (Å²) >= 11 is 0. The molecule has 27 heavy (non-hydrogen) atoms. The van der Waals surface area contributed by atoms with Crippen LogP contribution < -0.4 is 21.7 Å². The van der Waals surface area contributed by atoms with Crippen molar-refractivity contribution in [2.24, 2.45) is 5.73 Å². The van der Waals surface area contributed by atoms with E-state index in [1.54, 1.807) is 18.3 Å². The molecule has 0 spiro atoms. The Labute approximate surface area is 157 Å². The van der Waals surface area contributed by atoms with Crippen LogP contribution in [0.2, 0.25) is 0 Å². The maximum atomic E-state index is 11.8. The van der Waals surface area contributed by atoms with Gasteiger partial charge in [-0.25, -0.2) is 4.98 Å². The van der Waals surface area contributed by atoms with E-state index in [0.717, 1.165) is 48.3 Å². The predicted octanol–water partition coefficient (Wildman–Crippen LogP) is 2.64. The molecule has 1 unspecified atom stereocenters. The Morgan fingerprint density at radius 1 is 1.22 bits per heavy atom. The van der Waals surface area contributed by atoms with Crippen LogP contribution in [0.25, 0.3) is 10.9 Å². The second-order valence-corrected chi connectivity index (χ2v) is 6.68. The van der Waals surface area contributed by atoms with Gasteiger partial charge in [0.25, 0.3) is 5.91 Å². The lowest BCUT2D eigenvalue weighted by molar-refractivity contribution is 0.100. The molecule has 4 rings (SSSR count). The predicted molar refractivity (Wildman–Crippen MR) is 107 cm³/mol. The molecule has 1 aliphatic rings. The minimum Gasteiger partial charge on any atom is -0.366 e. The van der Waals surface area contributed by atoms with Gasteiger partial charge in [-0.2, -0.15) is 0 Å². The van der Waals surface area contributed by atoms with Gasteiger partial charge in [0.2, 0.25) is 0 Å². The van der Waals surface area contributed by atoms with Crippen LogP contribution in [0.5, 0.6) is 0 Å². The fraction of sp³-hybridized carbons (Fsp3) is 0.250. The van der Waals surface area contributed by atoms with Crippen LogP contribution in [0.3, 0.4) is 0 Å². The molecule has 1 amide bonds. The molecule has 1 aliphatic heterocycles. The Morgan fingerprint density at radius 2 is 2.15 bits per heavy atom. The number of carbonyl (C=O) groups excluding carboxylic acids is 1. The summed E-state index contributed by atoms with van der Waals surface area (Å²) in [5, 5.41) is 11.0. The van der Waals surface area contributed by atoms with Crippen molar-refractivity contribution in [3.8, 4) is 0 Å². The summed E-state index contributed by atoms with van der Waals surface area (Å²) in [5.74, 6) is 0.650. The summed E-state index contributed by atoms with van der Waals surface area (Å²) in [7, 11) is 0. The van der Waals surface area contributed by atoms with E-state index in [2.05, 4.69) is 25.9 Å². The molecular weight excluding hydrogens is 340 g/mol. The summed E-state index contributed by atoms with van der Waals surface area (Å²) in [6.07, 6.45) is 3.98. The lowest BCUT2D eigenvalue weighted by atomic mass is 10.1. The zero-order chi connectivity index (χ0) is 18.6. The minimum atomic E-state index is -0.515. The van der Waals surface area contributed by atoms with Crippen molar-refractivity contribution < 1.29 is 4.79 Å². The number of aromatic nitrogens is 2. The molecule has 5 N–H and O–H groups in total. The highest BCUT2D eigenvalue weighted by atomic mass is 16.1. The summed E-state index contributed by atoms with van der Waals surface area (Å²) in [4.78, 5) is 20.7. The highest BCUT2D eigenvalue weighted by molar-refractivity contribution is 5.98. The Hall–Kier alpha value is -3.19. The zero-order valence-corrected chi connectivity index (χ0v) is 14.9. The Kier molecular flexibility index (Phi) is 4.84. The second kappa shape index (κ2) is 7.59. The van der Waals surface area contributed by atoms with Gasteiger partial charge in [0.15, 0.2) is 0 Å². The van der Waals surface area contributed by atoms with Gasteiger partial charge in [0.05, 0.1) is 11.1 Å². The number of pyridine rings is 2. The van der Waals surface area contributed by atoms with Gasteiger partial charge < -0.3 is 21.7 Å². The quantitative estimate of drug-likeness (QED) is 0.556. The Morgan fingerprint density at radius 3 is 2.96 bits per heavy atom. The number of carbonyl (C=O) groups is 1. The smallest absolute Gasteiger partial charge is 0.252 e. The van der Waals surface area contributed by atoms with Gasteiger partial charge in [-0.05, 0) is 55.8 Å². The van der Waals surface area contributed by atoms with Crippen LogP contribution in [0.15, 0.2) is 48.7 Å². The van der Waals surface area contributed by atoms with E-state index >= 15 is 0 Å². The number of nitrogens with zero attached hydrogens (tertiary/aromatic N) is 2. The first kappa shape index (κ1) is 17.2. The number of primary amides is 1. The molecule has 7 nitrogen and oxygen atoms in total. The standard InChI is InChI=1S/C20H22N6O/c21-19(27)16-6-8-18(24-15-4-2-9-22-12-15)26-20(16)25-14-5-7-17-13(11-14)3-1-10-23-17/h1,3,5-8,10-11,15,22H,2,4,9,12H2,(H2,21,27)(H2,24,25,26). The van der Waals surface area contributed by atoms with Crippen molar-refractivity contribution in [2.45, 2.75) is 18.9 Å². The van der Waals surface area contributed by atoms with E-state index in [4.69, 9.17) is 5.73 Å². The minimum absolute atomic E-state index is 0.324. The number of rotatable bonds is 5. The van der Waals surface area contributed by atoms with E-state index < -0.39 is 5.91 Å². The van der Waals surface area contributed by atoms with Crippen molar-refractivity contribution in [2.75, 3.05) is 23.7 Å². The fourth-order valence-corrected chi connectivity index (χ4v) is 3.31. The number of hydrogen-bond donors (Lipinski definition) is 4. The summed E-state index contributed by atoms with van der Waals surface area (Å²) in [6.45, 7) is 1.95. The molecule has 138 valence electrons. The summed E-state index contributed by atoms with van der Waals surface area (Å²) in [6, 6.07) is 13.5. The number of benzene rings is 1. The van der Waals surface area contributed by atoms with Crippen LogP contribution in [0.1, 0.15) is 23.2 Å². The second-order valence-electron chi connectivity index (χ2n) is 6.68. The Bertz CT molecular complexity index is 968. The van der Waals surface area contributed by atoms with Gasteiger partial charge in [0.1, 0.15) is 11.6 Å². The molecule has 3 aromatic rings. The number of hydrogen-bond acceptors (Lipinski definition) is 6. The van der Waals surface area contributed by atoms with Crippen LogP contribution >= 0.6 is 0 Å². The topological polar surface area (TPSA) is 105 Å². The number of piperidine rings is 1. The van der Waals surface area contributed by atoms with Crippen LogP contribution in [-0.2, 0) is 0 Å². The van der Waals surface area contributed by atoms with Gasteiger partial charge in [-0.1, -0.05) is 6.07 Å².